The number of nitrogens with one attached hydrogen (secondary N) is 1. The number of benzene rings is 4. The largest absolute Gasteiger partial charge is 0.495 e. The summed E-state index contributed by atoms with van der Waals surface area (Å²) in [5.41, 5.74) is 1.52. The van der Waals surface area contributed by atoms with Gasteiger partial charge in [-0.25, -0.2) is 8.42 Å². The van der Waals surface area contributed by atoms with Gasteiger partial charge in [-0.2, -0.15) is 0 Å². The second-order valence-corrected chi connectivity index (χ2v) is 14.7. The Morgan fingerprint density at radius 3 is 2.17 bits per heavy atom. The molecule has 8 nitrogen and oxygen atoms in total. The maximum absolute atomic E-state index is 14.7. The normalized spacial score (nSPS) is 13.9. The molecule has 1 saturated carbocycles. The van der Waals surface area contributed by atoms with Crippen LogP contribution in [0.4, 0.5) is 5.69 Å². The summed E-state index contributed by atoms with van der Waals surface area (Å²) < 4.78 is 35.1. The first-order valence-electron chi connectivity index (χ1n) is 15.6. The summed E-state index contributed by atoms with van der Waals surface area (Å²) in [6, 6.07) is 25.7. The topological polar surface area (TPSA) is 96.0 Å². The predicted molar refractivity (Wildman–Crippen MR) is 190 cm³/mol. The second-order valence-electron chi connectivity index (χ2n) is 11.6. The molecule has 0 heterocycles. The van der Waals surface area contributed by atoms with Crippen molar-refractivity contribution in [3.63, 3.8) is 0 Å². The van der Waals surface area contributed by atoms with Crippen LogP contribution >= 0.6 is 34.8 Å². The van der Waals surface area contributed by atoms with Gasteiger partial charge >= 0.3 is 0 Å². The Kier molecular flexibility index (Phi) is 11.9. The van der Waals surface area contributed by atoms with E-state index in [1.165, 1.54) is 36.3 Å². The summed E-state index contributed by atoms with van der Waals surface area (Å²) in [5.74, 6) is -0.746. The van der Waals surface area contributed by atoms with Crippen molar-refractivity contribution in [2.45, 2.75) is 55.6 Å². The molecule has 2 amide bonds. The van der Waals surface area contributed by atoms with Crippen molar-refractivity contribution in [1.29, 1.82) is 0 Å². The lowest BCUT2D eigenvalue weighted by Crippen LogP contribution is -2.54. The van der Waals surface area contributed by atoms with Crippen molar-refractivity contribution in [2.75, 3.05) is 18.0 Å². The summed E-state index contributed by atoms with van der Waals surface area (Å²) in [6.07, 6.45) is 3.91. The minimum Gasteiger partial charge on any atom is -0.495 e. The Bertz CT molecular complexity index is 1840. The number of ether oxygens (including phenoxy) is 1. The molecule has 0 saturated heterocycles. The fourth-order valence-electron chi connectivity index (χ4n) is 5.85. The Balaban J connectivity index is 1.61. The third-order valence-electron chi connectivity index (χ3n) is 8.33. The zero-order valence-electron chi connectivity index (χ0n) is 26.3. The van der Waals surface area contributed by atoms with Crippen LogP contribution in [0.1, 0.15) is 36.8 Å². The van der Waals surface area contributed by atoms with E-state index in [2.05, 4.69) is 5.32 Å². The van der Waals surface area contributed by atoms with E-state index in [0.717, 1.165) is 35.6 Å². The molecular weight excluding hydrogens is 693 g/mol. The number of carbonyl (C=O) groups excluding carboxylic acids is 2. The lowest BCUT2D eigenvalue weighted by atomic mass is 10.0. The second kappa shape index (κ2) is 16.1. The number of amides is 2. The zero-order valence-corrected chi connectivity index (χ0v) is 29.4. The predicted octanol–water partition coefficient (Wildman–Crippen LogP) is 7.55. The number of nitrogens with zero attached hydrogens (tertiary/aromatic N) is 2. The van der Waals surface area contributed by atoms with Crippen LogP contribution in [0.25, 0.3) is 0 Å². The summed E-state index contributed by atoms with van der Waals surface area (Å²) in [7, 11) is -2.93. The van der Waals surface area contributed by atoms with E-state index in [1.54, 1.807) is 42.5 Å². The molecule has 1 aliphatic carbocycles. The molecule has 0 aliphatic heterocycles. The average Bonchev–Trinajstić information content (AvgIpc) is 3.60. The highest BCUT2D eigenvalue weighted by molar-refractivity contribution is 7.92. The van der Waals surface area contributed by atoms with E-state index in [0.29, 0.717) is 10.6 Å². The molecule has 1 aliphatic rings. The number of hydrogen-bond acceptors (Lipinski definition) is 5. The molecule has 0 radical (unpaired) electrons. The minimum absolute atomic E-state index is 0.0108. The monoisotopic (exact) mass is 727 g/mol. The van der Waals surface area contributed by atoms with Crippen molar-refractivity contribution < 1.29 is 22.7 Å². The van der Waals surface area contributed by atoms with Crippen LogP contribution in [0.3, 0.4) is 0 Å². The molecule has 1 unspecified atom stereocenters. The zero-order chi connectivity index (χ0) is 34.3. The van der Waals surface area contributed by atoms with E-state index < -0.39 is 28.5 Å². The van der Waals surface area contributed by atoms with Crippen LogP contribution < -0.4 is 14.4 Å². The smallest absolute Gasteiger partial charge is 0.264 e. The van der Waals surface area contributed by atoms with Gasteiger partial charge in [-0.05, 0) is 66.4 Å². The number of methoxy groups -OCH3 is 1. The molecular formula is C36H36Cl3N3O5S. The van der Waals surface area contributed by atoms with Crippen molar-refractivity contribution in [3.05, 3.63) is 123 Å². The molecule has 1 N–H and O–H groups in total. The molecule has 4 aromatic carbocycles. The first-order chi connectivity index (χ1) is 23.1. The molecule has 4 aromatic rings. The van der Waals surface area contributed by atoms with Crippen LogP contribution in [-0.2, 0) is 32.6 Å². The molecule has 252 valence electrons. The maximum atomic E-state index is 14.7. The lowest BCUT2D eigenvalue weighted by Gasteiger charge is -2.34. The van der Waals surface area contributed by atoms with Crippen LogP contribution in [0.5, 0.6) is 5.75 Å². The number of rotatable bonds is 13. The van der Waals surface area contributed by atoms with Gasteiger partial charge in [-0.1, -0.05) is 102 Å². The number of hydrogen-bond donors (Lipinski definition) is 1. The van der Waals surface area contributed by atoms with Gasteiger partial charge in [-0.3, -0.25) is 13.9 Å². The standard InChI is InChI=1S/C36H36Cl3N3O5S/c1-47-34-19-17-27(37)22-32(34)42(48(45,46)29-14-6-3-7-15-29)24-35(43)41(23-26-16-18-30(38)31(39)20-26)33(21-25-10-4-2-5-11-25)36(44)40-28-12-8-9-13-28/h2-7,10-11,14-20,22,28,33H,8-9,12-13,21,23-24H2,1H3,(H,40,44). The van der Waals surface area contributed by atoms with E-state index in [1.807, 2.05) is 30.3 Å². The van der Waals surface area contributed by atoms with Gasteiger partial charge in [0.25, 0.3) is 10.0 Å². The number of anilines is 1. The van der Waals surface area contributed by atoms with Gasteiger partial charge in [0.2, 0.25) is 11.8 Å². The average molecular weight is 729 g/mol. The van der Waals surface area contributed by atoms with Crippen molar-refractivity contribution >= 4 is 62.3 Å². The quantitative estimate of drug-likeness (QED) is 0.154. The van der Waals surface area contributed by atoms with Gasteiger partial charge in [-0.15, -0.1) is 0 Å². The number of carbonyl (C=O) groups is 2. The summed E-state index contributed by atoms with van der Waals surface area (Å²) in [5, 5.41) is 4.03. The lowest BCUT2D eigenvalue weighted by molar-refractivity contribution is -0.140. The van der Waals surface area contributed by atoms with Crippen molar-refractivity contribution in [3.8, 4) is 5.75 Å². The van der Waals surface area contributed by atoms with Crippen LogP contribution in [-0.4, -0.2) is 50.9 Å². The van der Waals surface area contributed by atoms with E-state index >= 15 is 0 Å². The fraction of sp³-hybridized carbons (Fsp3) is 0.278. The molecule has 1 fully saturated rings. The summed E-state index contributed by atoms with van der Waals surface area (Å²) in [6.45, 7) is -0.700. The number of halogens is 3. The van der Waals surface area contributed by atoms with Gasteiger partial charge in [0.1, 0.15) is 18.3 Å². The van der Waals surface area contributed by atoms with Crippen LogP contribution in [0.2, 0.25) is 15.1 Å². The summed E-state index contributed by atoms with van der Waals surface area (Å²) in [4.78, 5) is 30.3. The SMILES string of the molecule is COc1ccc(Cl)cc1N(CC(=O)N(Cc1ccc(Cl)c(Cl)c1)C(Cc1ccccc1)C(=O)NC1CCCC1)S(=O)(=O)c1ccccc1. The number of sulfonamides is 1. The Labute approximate surface area is 296 Å². The van der Waals surface area contributed by atoms with E-state index in [4.69, 9.17) is 39.5 Å². The van der Waals surface area contributed by atoms with Gasteiger partial charge < -0.3 is 15.0 Å². The maximum Gasteiger partial charge on any atom is 0.264 e. The Morgan fingerprint density at radius 2 is 1.52 bits per heavy atom. The third kappa shape index (κ3) is 8.63. The highest BCUT2D eigenvalue weighted by atomic mass is 35.5. The van der Waals surface area contributed by atoms with E-state index in [-0.39, 0.29) is 51.3 Å². The molecule has 0 aromatic heterocycles. The Hall–Kier alpha value is -3.76. The molecule has 12 heteroatoms. The summed E-state index contributed by atoms with van der Waals surface area (Å²) >= 11 is 18.9. The van der Waals surface area contributed by atoms with Gasteiger partial charge in [0.15, 0.2) is 0 Å². The van der Waals surface area contributed by atoms with Crippen LogP contribution in [0, 0.1) is 0 Å². The highest BCUT2D eigenvalue weighted by Gasteiger charge is 2.36. The Morgan fingerprint density at radius 1 is 0.854 bits per heavy atom. The molecule has 0 bridgehead atoms. The minimum atomic E-state index is -4.33. The first kappa shape index (κ1) is 35.5. The third-order valence-corrected chi connectivity index (χ3v) is 11.1. The molecule has 48 heavy (non-hydrogen) atoms. The van der Waals surface area contributed by atoms with Gasteiger partial charge in [0.05, 0.1) is 27.7 Å². The molecule has 1 atom stereocenters. The fourth-order valence-corrected chi connectivity index (χ4v) is 7.77. The van der Waals surface area contributed by atoms with Crippen molar-refractivity contribution in [2.24, 2.45) is 0 Å². The first-order valence-corrected chi connectivity index (χ1v) is 18.1. The van der Waals surface area contributed by atoms with E-state index in [9.17, 15) is 18.0 Å². The van der Waals surface area contributed by atoms with Crippen LogP contribution in [0.15, 0.2) is 102 Å². The van der Waals surface area contributed by atoms with Crippen molar-refractivity contribution in [1.82, 2.24) is 10.2 Å². The van der Waals surface area contributed by atoms with Gasteiger partial charge in [0, 0.05) is 24.0 Å². The molecule has 0 spiro atoms. The molecule has 5 rings (SSSR count). The highest BCUT2D eigenvalue weighted by Crippen LogP contribution is 2.35.